The Bertz CT molecular complexity index is 1060. The summed E-state index contributed by atoms with van der Waals surface area (Å²) in [7, 11) is 1.58. The number of H-pyrrole nitrogens is 1. The van der Waals surface area contributed by atoms with Gasteiger partial charge in [0, 0.05) is 12.4 Å². The summed E-state index contributed by atoms with van der Waals surface area (Å²) in [5, 5.41) is 15.5. The molecule has 4 rings (SSSR count). The van der Waals surface area contributed by atoms with Crippen LogP contribution in [0.2, 0.25) is 0 Å². The fourth-order valence-electron chi connectivity index (χ4n) is 3.27. The molecule has 174 valence electrons. The first kappa shape index (κ1) is 22.6. The van der Waals surface area contributed by atoms with E-state index in [4.69, 9.17) is 14.2 Å². The number of hydrogen-bond acceptors (Lipinski definition) is 10. The van der Waals surface area contributed by atoms with Crippen molar-refractivity contribution in [3.05, 3.63) is 42.2 Å². The van der Waals surface area contributed by atoms with Gasteiger partial charge in [0.1, 0.15) is 6.10 Å². The highest BCUT2D eigenvalue weighted by atomic mass is 32.2. The van der Waals surface area contributed by atoms with Crippen molar-refractivity contribution in [1.82, 2.24) is 25.0 Å². The largest absolute Gasteiger partial charge is 0.493 e. The molecule has 11 nitrogen and oxygen atoms in total. The normalized spacial score (nSPS) is 14.0. The van der Waals surface area contributed by atoms with Gasteiger partial charge in [0.15, 0.2) is 18.2 Å². The summed E-state index contributed by atoms with van der Waals surface area (Å²) < 4.78 is 18.2. The molecule has 2 aromatic heterocycles. The Kier molecular flexibility index (Phi) is 7.80. The van der Waals surface area contributed by atoms with Crippen molar-refractivity contribution in [1.29, 1.82) is 0 Å². The number of thioether (sulfide) groups is 1. The number of esters is 1. The van der Waals surface area contributed by atoms with Crippen LogP contribution in [0.5, 0.6) is 11.5 Å². The van der Waals surface area contributed by atoms with Gasteiger partial charge >= 0.3 is 5.97 Å². The molecule has 0 saturated heterocycles. The summed E-state index contributed by atoms with van der Waals surface area (Å²) in [4.78, 5) is 16.2. The van der Waals surface area contributed by atoms with Crippen LogP contribution in [-0.4, -0.2) is 56.1 Å². The molecule has 1 aliphatic carbocycles. The van der Waals surface area contributed by atoms with Crippen LogP contribution in [0.25, 0.3) is 0 Å². The molecule has 0 amide bonds. The van der Waals surface area contributed by atoms with E-state index in [2.05, 4.69) is 30.8 Å². The van der Waals surface area contributed by atoms with Gasteiger partial charge in [0.2, 0.25) is 11.1 Å². The third-order valence-corrected chi connectivity index (χ3v) is 5.69. The molecule has 0 radical (unpaired) electrons. The van der Waals surface area contributed by atoms with Crippen LogP contribution < -0.4 is 14.9 Å². The molecule has 0 unspecified atom stereocenters. The number of carbonyl (C=O) groups excluding carboxylic acids is 1. The molecule has 0 atom stereocenters. The maximum Gasteiger partial charge on any atom is 0.316 e. The molecule has 2 heterocycles. The lowest BCUT2D eigenvalue weighted by atomic mass is 10.2. The number of anilines is 1. The maximum absolute atomic E-state index is 11.9. The standard InChI is InChI=1S/C21H25N7O4S/c1-30-18-11-15(7-8-17(18)31-14-28-10-4-9-23-28)12-22-25-20-24-21(27-26-20)33-13-19(29)32-16-5-2-3-6-16/h4,7-12,16H,2-3,5-6,13-14H2,1H3,(H2,24,25,26,27)/b22-12-. The highest BCUT2D eigenvalue weighted by molar-refractivity contribution is 7.99. The van der Waals surface area contributed by atoms with Gasteiger partial charge in [-0.2, -0.15) is 15.2 Å². The van der Waals surface area contributed by atoms with Crippen molar-refractivity contribution in [2.75, 3.05) is 18.3 Å². The van der Waals surface area contributed by atoms with Gasteiger partial charge in [-0.25, -0.2) is 15.2 Å². The van der Waals surface area contributed by atoms with Crippen molar-refractivity contribution < 1.29 is 19.0 Å². The van der Waals surface area contributed by atoms with E-state index < -0.39 is 0 Å². The Morgan fingerprint density at radius 2 is 2.24 bits per heavy atom. The van der Waals surface area contributed by atoms with Gasteiger partial charge in [-0.1, -0.05) is 11.8 Å². The smallest absolute Gasteiger partial charge is 0.316 e. The minimum atomic E-state index is -0.241. The van der Waals surface area contributed by atoms with E-state index in [9.17, 15) is 4.79 Å². The van der Waals surface area contributed by atoms with E-state index in [1.165, 1.54) is 11.8 Å². The zero-order valence-corrected chi connectivity index (χ0v) is 19.0. The first-order chi connectivity index (χ1) is 16.2. The number of rotatable bonds is 11. The average Bonchev–Trinajstić information content (AvgIpc) is 3.60. The van der Waals surface area contributed by atoms with E-state index in [-0.39, 0.29) is 24.6 Å². The van der Waals surface area contributed by atoms with E-state index >= 15 is 0 Å². The summed E-state index contributed by atoms with van der Waals surface area (Å²) in [6.45, 7) is 0.280. The summed E-state index contributed by atoms with van der Waals surface area (Å²) >= 11 is 1.22. The molecule has 1 aliphatic rings. The predicted molar refractivity (Wildman–Crippen MR) is 123 cm³/mol. The molecule has 33 heavy (non-hydrogen) atoms. The molecule has 0 spiro atoms. The van der Waals surface area contributed by atoms with Crippen LogP contribution in [0.15, 0.2) is 46.9 Å². The Balaban J connectivity index is 1.24. The molecule has 0 bridgehead atoms. The highest BCUT2D eigenvalue weighted by Crippen LogP contribution is 2.28. The molecule has 12 heteroatoms. The monoisotopic (exact) mass is 471 g/mol. The number of carbonyl (C=O) groups is 1. The Morgan fingerprint density at radius 3 is 3.03 bits per heavy atom. The quantitative estimate of drug-likeness (QED) is 0.188. The lowest BCUT2D eigenvalue weighted by Gasteiger charge is -2.11. The molecule has 2 N–H and O–H groups in total. The minimum Gasteiger partial charge on any atom is -0.493 e. The fraction of sp³-hybridized carbons (Fsp3) is 0.381. The Labute approximate surface area is 194 Å². The number of hydrogen-bond donors (Lipinski definition) is 2. The van der Waals surface area contributed by atoms with Crippen molar-refractivity contribution in [2.24, 2.45) is 5.10 Å². The summed E-state index contributed by atoms with van der Waals surface area (Å²) in [6, 6.07) is 7.29. The van der Waals surface area contributed by atoms with Gasteiger partial charge < -0.3 is 14.2 Å². The van der Waals surface area contributed by atoms with E-state index in [0.29, 0.717) is 22.6 Å². The third kappa shape index (κ3) is 6.72. The molecule has 3 aromatic rings. The van der Waals surface area contributed by atoms with Gasteiger partial charge in [-0.3, -0.25) is 4.79 Å². The van der Waals surface area contributed by atoms with E-state index in [1.54, 1.807) is 36.3 Å². The summed E-state index contributed by atoms with van der Waals surface area (Å²) in [5.41, 5.74) is 3.58. The van der Waals surface area contributed by atoms with Crippen molar-refractivity contribution in [3.63, 3.8) is 0 Å². The van der Waals surface area contributed by atoms with Gasteiger partial charge in [-0.05, 0) is 55.5 Å². The van der Waals surface area contributed by atoms with Crippen LogP contribution in [0, 0.1) is 0 Å². The first-order valence-corrected chi connectivity index (χ1v) is 11.5. The molecule has 1 aromatic carbocycles. The predicted octanol–water partition coefficient (Wildman–Crippen LogP) is 3.07. The number of methoxy groups -OCH3 is 1. The number of ether oxygens (including phenoxy) is 3. The molecule has 0 aliphatic heterocycles. The topological polar surface area (TPSA) is 129 Å². The molecule has 1 fully saturated rings. The number of aromatic amines is 1. The second-order valence-corrected chi connectivity index (χ2v) is 8.19. The summed E-state index contributed by atoms with van der Waals surface area (Å²) in [5.74, 6) is 1.47. The van der Waals surface area contributed by atoms with Crippen LogP contribution in [0.1, 0.15) is 31.2 Å². The van der Waals surface area contributed by atoms with Gasteiger partial charge in [0.05, 0.1) is 19.1 Å². The number of benzene rings is 1. The number of nitrogens with zero attached hydrogens (tertiary/aromatic N) is 5. The summed E-state index contributed by atoms with van der Waals surface area (Å²) in [6.07, 6.45) is 9.34. The zero-order chi connectivity index (χ0) is 22.9. The Morgan fingerprint density at radius 1 is 1.36 bits per heavy atom. The van der Waals surface area contributed by atoms with E-state index in [0.717, 1.165) is 31.2 Å². The first-order valence-electron chi connectivity index (χ1n) is 10.5. The molecular weight excluding hydrogens is 446 g/mol. The van der Waals surface area contributed by atoms with Crippen LogP contribution >= 0.6 is 11.8 Å². The van der Waals surface area contributed by atoms with Crippen molar-refractivity contribution in [2.45, 2.75) is 43.7 Å². The van der Waals surface area contributed by atoms with Crippen molar-refractivity contribution >= 4 is 29.9 Å². The van der Waals surface area contributed by atoms with Crippen molar-refractivity contribution in [3.8, 4) is 11.5 Å². The SMILES string of the molecule is COc1cc(/C=N\Nc2nc(SCC(=O)OC3CCCC3)n[nH]2)ccc1OCn1cccn1. The fourth-order valence-corrected chi connectivity index (χ4v) is 3.86. The average molecular weight is 472 g/mol. The highest BCUT2D eigenvalue weighted by Gasteiger charge is 2.19. The molecular formula is C21H25N7O4S. The van der Waals surface area contributed by atoms with Crippen LogP contribution in [0.4, 0.5) is 5.95 Å². The van der Waals surface area contributed by atoms with Gasteiger partial charge in [0.25, 0.3) is 0 Å². The molecule has 1 saturated carbocycles. The number of nitrogens with one attached hydrogen (secondary N) is 2. The third-order valence-electron chi connectivity index (χ3n) is 4.87. The second-order valence-electron chi connectivity index (χ2n) is 7.25. The number of aromatic nitrogens is 5. The lowest BCUT2D eigenvalue weighted by Crippen LogP contribution is -2.16. The zero-order valence-electron chi connectivity index (χ0n) is 18.1. The van der Waals surface area contributed by atoms with Crippen LogP contribution in [0.3, 0.4) is 0 Å². The maximum atomic E-state index is 11.9. The lowest BCUT2D eigenvalue weighted by molar-refractivity contribution is -0.145. The van der Waals surface area contributed by atoms with Crippen LogP contribution in [-0.2, 0) is 16.3 Å². The minimum absolute atomic E-state index is 0.0625. The van der Waals surface area contributed by atoms with Gasteiger partial charge in [-0.15, -0.1) is 5.10 Å². The van der Waals surface area contributed by atoms with E-state index in [1.807, 2.05) is 18.3 Å². The number of hydrazone groups is 1. The second kappa shape index (κ2) is 11.4. The Hall–Kier alpha value is -3.54.